The maximum absolute atomic E-state index is 15.1. The Balaban J connectivity index is 1.41. The molecule has 0 unspecified atom stereocenters. The summed E-state index contributed by atoms with van der Waals surface area (Å²) in [6, 6.07) is 8.34. The van der Waals surface area contributed by atoms with Crippen LogP contribution in [0.15, 0.2) is 54.1 Å². The SMILES string of the molecule is CC(=O)c1ccc(N2C(=O)[C@H]3[C@H](CC=C4[C@H]3C[C@@]3(Cl)C(=O)N(c5c(F)c(F)c(F)c(F)c5F)C(=O)[C@@]3(Cl)[C@H]4c3ccc(O)c(F)c3)C2=O)cc1. The van der Waals surface area contributed by atoms with E-state index in [1.54, 1.807) is 0 Å². The second-order valence-corrected chi connectivity index (χ2v) is 13.8. The van der Waals surface area contributed by atoms with E-state index in [9.17, 15) is 46.6 Å². The molecule has 7 rings (SSSR count). The fourth-order valence-corrected chi connectivity index (χ4v) is 8.68. The van der Waals surface area contributed by atoms with Gasteiger partial charge in [0.1, 0.15) is 5.69 Å². The molecule has 16 heteroatoms. The molecule has 0 bridgehead atoms. The van der Waals surface area contributed by atoms with Gasteiger partial charge in [-0.2, -0.15) is 0 Å². The number of amides is 4. The van der Waals surface area contributed by atoms with E-state index in [-0.39, 0.29) is 33.9 Å². The van der Waals surface area contributed by atoms with Gasteiger partial charge in [-0.15, -0.1) is 23.2 Å². The van der Waals surface area contributed by atoms with Crippen molar-refractivity contribution in [2.45, 2.75) is 35.4 Å². The molecule has 0 spiro atoms. The van der Waals surface area contributed by atoms with E-state index in [0.29, 0.717) is 5.56 Å². The first-order valence-electron chi connectivity index (χ1n) is 14.9. The first-order chi connectivity index (χ1) is 23.5. The Morgan fingerprint density at radius 2 is 1.40 bits per heavy atom. The topological polar surface area (TPSA) is 112 Å². The smallest absolute Gasteiger partial charge is 0.258 e. The van der Waals surface area contributed by atoms with Crippen molar-refractivity contribution in [3.8, 4) is 5.75 Å². The Labute approximate surface area is 287 Å². The summed E-state index contributed by atoms with van der Waals surface area (Å²) < 4.78 is 87.8. The fourth-order valence-electron chi connectivity index (χ4n) is 7.74. The number of aromatic hydroxyl groups is 1. The molecule has 6 atom stereocenters. The third kappa shape index (κ3) is 4.23. The number of anilines is 2. The number of phenolic OH excluding ortho intramolecular Hbond substituents is 1. The average molecular weight is 737 g/mol. The van der Waals surface area contributed by atoms with Crippen molar-refractivity contribution in [3.05, 3.63) is 100 Å². The second kappa shape index (κ2) is 11.2. The maximum atomic E-state index is 15.1. The average Bonchev–Trinajstić information content (AvgIpc) is 3.42. The van der Waals surface area contributed by atoms with E-state index >= 15 is 8.78 Å². The van der Waals surface area contributed by atoms with Gasteiger partial charge >= 0.3 is 0 Å². The van der Waals surface area contributed by atoms with E-state index < -0.39 is 110 Å². The van der Waals surface area contributed by atoms with Gasteiger partial charge in [0.2, 0.25) is 17.6 Å². The summed E-state index contributed by atoms with van der Waals surface area (Å²) in [6.45, 7) is 1.32. The van der Waals surface area contributed by atoms with Gasteiger partial charge < -0.3 is 5.11 Å². The van der Waals surface area contributed by atoms with Crippen molar-refractivity contribution in [2.24, 2.45) is 17.8 Å². The highest BCUT2D eigenvalue weighted by molar-refractivity contribution is 6.58. The molecule has 4 aliphatic rings. The lowest BCUT2D eigenvalue weighted by molar-refractivity contribution is -0.125. The highest BCUT2D eigenvalue weighted by Crippen LogP contribution is 2.66. The van der Waals surface area contributed by atoms with Gasteiger partial charge in [-0.3, -0.25) is 28.9 Å². The first-order valence-corrected chi connectivity index (χ1v) is 15.7. The number of benzene rings is 3. The molecule has 0 aromatic heterocycles. The molecular formula is C34H20Cl2F6N2O6. The van der Waals surface area contributed by atoms with Crippen LogP contribution in [0.3, 0.4) is 0 Å². The largest absolute Gasteiger partial charge is 0.505 e. The zero-order valence-corrected chi connectivity index (χ0v) is 26.8. The maximum Gasteiger partial charge on any atom is 0.258 e. The highest BCUT2D eigenvalue weighted by atomic mass is 35.5. The number of carbonyl (C=O) groups is 5. The predicted octanol–water partition coefficient (Wildman–Crippen LogP) is 6.20. The van der Waals surface area contributed by atoms with Gasteiger partial charge in [0.25, 0.3) is 11.8 Å². The molecule has 4 amide bonds. The Morgan fingerprint density at radius 1 is 0.800 bits per heavy atom. The molecule has 258 valence electrons. The van der Waals surface area contributed by atoms with Gasteiger partial charge in [0, 0.05) is 11.5 Å². The van der Waals surface area contributed by atoms with Gasteiger partial charge in [-0.05, 0) is 67.6 Å². The molecule has 2 saturated heterocycles. The summed E-state index contributed by atoms with van der Waals surface area (Å²) in [7, 11) is 0. The minimum Gasteiger partial charge on any atom is -0.505 e. The van der Waals surface area contributed by atoms with Gasteiger partial charge in [0.15, 0.2) is 50.4 Å². The van der Waals surface area contributed by atoms with Crippen molar-refractivity contribution >= 4 is 64.0 Å². The van der Waals surface area contributed by atoms with Crippen LogP contribution in [0, 0.1) is 52.7 Å². The molecule has 8 nitrogen and oxygen atoms in total. The quantitative estimate of drug-likeness (QED) is 0.0650. The van der Waals surface area contributed by atoms with E-state index in [4.69, 9.17) is 23.2 Å². The number of imide groups is 2. The van der Waals surface area contributed by atoms with E-state index in [0.717, 1.165) is 23.1 Å². The first kappa shape index (κ1) is 33.8. The molecule has 50 heavy (non-hydrogen) atoms. The van der Waals surface area contributed by atoms with Crippen LogP contribution in [0.5, 0.6) is 5.75 Å². The Hall–Kier alpha value is -4.69. The summed E-state index contributed by atoms with van der Waals surface area (Å²) in [5, 5.41) is 9.90. The summed E-state index contributed by atoms with van der Waals surface area (Å²) in [5.41, 5.74) is -1.62. The number of carbonyl (C=O) groups excluding carboxylic acids is 5. The van der Waals surface area contributed by atoms with Crippen LogP contribution in [0.2, 0.25) is 0 Å². The summed E-state index contributed by atoms with van der Waals surface area (Å²) in [6.07, 6.45) is 0.578. The third-order valence-corrected chi connectivity index (χ3v) is 11.5. The van der Waals surface area contributed by atoms with Gasteiger partial charge in [-0.25, -0.2) is 31.2 Å². The van der Waals surface area contributed by atoms with Crippen molar-refractivity contribution in [1.82, 2.24) is 0 Å². The van der Waals surface area contributed by atoms with Crippen molar-refractivity contribution in [3.63, 3.8) is 0 Å². The molecule has 2 heterocycles. The number of phenols is 1. The standard InChI is InChI=1S/C34H20Cl2F6N2O6/c1-12(45)13-2-5-15(6-3-13)43-29(47)17-8-7-16-18(21(17)30(43)48)11-33(35)31(49)44(28-26(41)24(39)23(38)25(40)27(28)42)32(50)34(33,36)22(16)14-4-9-20(46)19(37)10-14/h2-7,9-10,17-18,21-22,46H,8,11H2,1H3/t17-,18+,21-,22-,33+,34-/m0/s1. The number of nitrogens with zero attached hydrogens (tertiary/aromatic N) is 2. The van der Waals surface area contributed by atoms with Gasteiger partial charge in [0.05, 0.1) is 17.5 Å². The van der Waals surface area contributed by atoms with Crippen LogP contribution < -0.4 is 9.80 Å². The van der Waals surface area contributed by atoms with Crippen molar-refractivity contribution in [2.75, 3.05) is 9.80 Å². The summed E-state index contributed by atoms with van der Waals surface area (Å²) in [4.78, 5) is 63.0. The highest BCUT2D eigenvalue weighted by Gasteiger charge is 2.77. The molecule has 3 aromatic carbocycles. The van der Waals surface area contributed by atoms with E-state index in [2.05, 4.69) is 0 Å². The molecule has 0 radical (unpaired) electrons. The number of ketones is 1. The van der Waals surface area contributed by atoms with Crippen LogP contribution >= 0.6 is 23.2 Å². The lowest BCUT2D eigenvalue weighted by atomic mass is 9.56. The van der Waals surface area contributed by atoms with Crippen LogP contribution in [0.4, 0.5) is 37.7 Å². The number of Topliss-reactive ketones (excluding diaryl/α,β-unsaturated/α-hetero) is 1. The second-order valence-electron chi connectivity index (χ2n) is 12.5. The third-order valence-electron chi connectivity index (χ3n) is 10.1. The normalized spacial score (nSPS) is 28.9. The molecule has 2 aliphatic carbocycles. The number of rotatable bonds is 4. The van der Waals surface area contributed by atoms with Crippen LogP contribution in [-0.2, 0) is 19.2 Å². The number of fused-ring (bicyclic) bond motifs is 4. The Bertz CT molecular complexity index is 2120. The zero-order chi connectivity index (χ0) is 36.4. The monoisotopic (exact) mass is 736 g/mol. The number of halogens is 8. The molecule has 2 aliphatic heterocycles. The molecular weight excluding hydrogens is 717 g/mol. The van der Waals surface area contributed by atoms with Crippen molar-refractivity contribution in [1.29, 1.82) is 0 Å². The summed E-state index contributed by atoms with van der Waals surface area (Å²) >= 11 is 14.0. The van der Waals surface area contributed by atoms with E-state index in [1.165, 1.54) is 37.3 Å². The molecule has 3 fully saturated rings. The number of hydrogen-bond acceptors (Lipinski definition) is 6. The predicted molar refractivity (Wildman–Crippen MR) is 163 cm³/mol. The minimum atomic E-state index is -2.84. The Morgan fingerprint density at radius 3 is 1.98 bits per heavy atom. The van der Waals surface area contributed by atoms with Gasteiger partial charge in [-0.1, -0.05) is 17.7 Å². The van der Waals surface area contributed by atoms with Crippen LogP contribution in [0.1, 0.15) is 41.6 Å². The van der Waals surface area contributed by atoms with E-state index in [1.807, 2.05) is 0 Å². The Kier molecular flexibility index (Phi) is 7.54. The lowest BCUT2D eigenvalue weighted by Crippen LogP contribution is -2.60. The lowest BCUT2D eigenvalue weighted by Gasteiger charge is -2.50. The molecule has 1 N–H and O–H groups in total. The number of hydrogen-bond donors (Lipinski definition) is 1. The molecule has 3 aromatic rings. The summed E-state index contributed by atoms with van der Waals surface area (Å²) in [5.74, 6) is -25.0. The fraction of sp³-hybridized carbons (Fsp3) is 0.265. The molecule has 1 saturated carbocycles. The van der Waals surface area contributed by atoms with Crippen molar-refractivity contribution < 1.29 is 55.4 Å². The van der Waals surface area contributed by atoms with Crippen LogP contribution in [-0.4, -0.2) is 44.3 Å². The number of alkyl halides is 2. The van der Waals surface area contributed by atoms with Crippen LogP contribution in [0.25, 0.3) is 0 Å². The number of allylic oxidation sites excluding steroid dienone is 2. The minimum absolute atomic E-state index is 0.109. The zero-order valence-electron chi connectivity index (χ0n) is 25.2.